The summed E-state index contributed by atoms with van der Waals surface area (Å²) in [6.45, 7) is 4.97. The van der Waals surface area contributed by atoms with E-state index in [1.54, 1.807) is 4.68 Å². The molecule has 1 aliphatic rings. The molecule has 162 valence electrons. The third-order valence-electron chi connectivity index (χ3n) is 5.34. The molecule has 2 heterocycles. The minimum absolute atomic E-state index is 0.0570. The van der Waals surface area contributed by atoms with Crippen LogP contribution in [0.2, 0.25) is 0 Å². The Hall–Kier alpha value is -2.81. The Morgan fingerprint density at radius 1 is 0.935 bits per heavy atom. The van der Waals surface area contributed by atoms with E-state index in [0.717, 1.165) is 37.3 Å². The van der Waals surface area contributed by atoms with Crippen molar-refractivity contribution in [3.63, 3.8) is 0 Å². The Morgan fingerprint density at radius 2 is 1.55 bits per heavy atom. The summed E-state index contributed by atoms with van der Waals surface area (Å²) in [6, 6.07) is 20.0. The molecule has 1 amide bonds. The van der Waals surface area contributed by atoms with Crippen molar-refractivity contribution in [1.29, 1.82) is 0 Å². The van der Waals surface area contributed by atoms with Crippen LogP contribution in [0.25, 0.3) is 0 Å². The predicted octanol–water partition coefficient (Wildman–Crippen LogP) is 2.69. The number of hydrogen-bond donors (Lipinski definition) is 1. The van der Waals surface area contributed by atoms with E-state index in [9.17, 15) is 4.79 Å². The van der Waals surface area contributed by atoms with Gasteiger partial charge in [0.25, 0.3) is 4.84 Å². The van der Waals surface area contributed by atoms with Crippen molar-refractivity contribution in [2.45, 2.75) is 19.6 Å². The molecule has 1 aliphatic heterocycles. The number of carbonyl (C=O) groups excluding carboxylic acids is 1. The molecule has 0 spiro atoms. The van der Waals surface area contributed by atoms with Crippen LogP contribution in [-0.4, -0.2) is 58.2 Å². The van der Waals surface area contributed by atoms with Crippen LogP contribution in [0.15, 0.2) is 65.1 Å². The molecule has 31 heavy (non-hydrogen) atoms. The first kappa shape index (κ1) is 21.4. The minimum atomic E-state index is 0.0570. The van der Waals surface area contributed by atoms with Crippen molar-refractivity contribution in [1.82, 2.24) is 24.9 Å². The Bertz CT molecular complexity index is 1030. The van der Waals surface area contributed by atoms with Gasteiger partial charge in [0.2, 0.25) is 11.8 Å². The van der Waals surface area contributed by atoms with Crippen molar-refractivity contribution < 1.29 is 9.21 Å². The fourth-order valence-electron chi connectivity index (χ4n) is 3.61. The van der Waals surface area contributed by atoms with Gasteiger partial charge in [-0.3, -0.25) is 14.6 Å². The van der Waals surface area contributed by atoms with Gasteiger partial charge in [0.15, 0.2) is 0 Å². The van der Waals surface area contributed by atoms with Crippen molar-refractivity contribution in [2.75, 3.05) is 32.7 Å². The first-order valence-corrected chi connectivity index (χ1v) is 10.9. The molecule has 1 aromatic heterocycles. The van der Waals surface area contributed by atoms with Gasteiger partial charge < -0.3 is 9.73 Å². The Balaban J connectivity index is 1.21. The highest BCUT2D eigenvalue weighted by Crippen LogP contribution is 2.10. The maximum atomic E-state index is 12.2. The molecule has 0 atom stereocenters. The lowest BCUT2D eigenvalue weighted by Crippen LogP contribution is -2.49. The van der Waals surface area contributed by atoms with Crippen LogP contribution in [0, 0.1) is 4.84 Å². The van der Waals surface area contributed by atoms with E-state index < -0.39 is 0 Å². The molecule has 3 aromatic rings. The van der Waals surface area contributed by atoms with Gasteiger partial charge in [-0.15, -0.1) is 5.10 Å². The van der Waals surface area contributed by atoms with E-state index >= 15 is 0 Å². The molecular formula is C23H27N5O2S. The summed E-state index contributed by atoms with van der Waals surface area (Å²) in [5, 5.41) is 7.54. The number of piperazine rings is 1. The van der Waals surface area contributed by atoms with Crippen LogP contribution in [0.5, 0.6) is 0 Å². The van der Waals surface area contributed by atoms with Gasteiger partial charge >= 0.3 is 0 Å². The van der Waals surface area contributed by atoms with Gasteiger partial charge in [-0.2, -0.15) is 0 Å². The molecule has 8 heteroatoms. The molecule has 7 nitrogen and oxygen atoms in total. The first-order chi connectivity index (χ1) is 15.2. The molecule has 0 bridgehead atoms. The fraction of sp³-hybridized carbons (Fsp3) is 0.348. The number of benzene rings is 2. The average Bonchev–Trinajstić information content (AvgIpc) is 3.13. The number of carbonyl (C=O) groups is 1. The van der Waals surface area contributed by atoms with Crippen molar-refractivity contribution in [3.05, 3.63) is 82.5 Å². The van der Waals surface area contributed by atoms with Gasteiger partial charge in [-0.1, -0.05) is 60.7 Å². The number of nitrogens with one attached hydrogen (secondary N) is 1. The Morgan fingerprint density at radius 3 is 2.23 bits per heavy atom. The zero-order chi connectivity index (χ0) is 21.5. The Labute approximate surface area is 187 Å². The van der Waals surface area contributed by atoms with Gasteiger partial charge in [0.05, 0.1) is 19.6 Å². The first-order valence-electron chi connectivity index (χ1n) is 10.5. The highest BCUT2D eigenvalue weighted by molar-refractivity contribution is 7.71. The van der Waals surface area contributed by atoms with Crippen molar-refractivity contribution in [2.24, 2.45) is 0 Å². The molecule has 4 rings (SSSR count). The SMILES string of the molecule is O=C(CN1CCN(Cn2nc(Cc3ccccc3)oc2=S)CC1)NCc1ccccc1. The fourth-order valence-corrected chi connectivity index (χ4v) is 3.81. The quantitative estimate of drug-likeness (QED) is 0.547. The number of rotatable bonds is 8. The standard InChI is InChI=1S/C23H27N5O2S/c29-21(24-16-20-9-5-2-6-10-20)17-26-11-13-27(14-12-26)18-28-23(31)30-22(25-28)15-19-7-3-1-4-8-19/h1-10H,11-18H2,(H,24,29). The summed E-state index contributed by atoms with van der Waals surface area (Å²) in [5.41, 5.74) is 2.25. The number of hydrogen-bond acceptors (Lipinski definition) is 6. The summed E-state index contributed by atoms with van der Waals surface area (Å²) in [4.78, 5) is 17.1. The highest BCUT2D eigenvalue weighted by atomic mass is 32.1. The van der Waals surface area contributed by atoms with E-state index in [1.165, 1.54) is 0 Å². The summed E-state index contributed by atoms with van der Waals surface area (Å²) in [7, 11) is 0. The average molecular weight is 438 g/mol. The maximum absolute atomic E-state index is 12.2. The van der Waals surface area contributed by atoms with Crippen molar-refractivity contribution >= 4 is 18.1 Å². The summed E-state index contributed by atoms with van der Waals surface area (Å²) in [6.07, 6.45) is 0.628. The summed E-state index contributed by atoms with van der Waals surface area (Å²) < 4.78 is 7.42. The van der Waals surface area contributed by atoms with E-state index in [4.69, 9.17) is 16.6 Å². The molecule has 0 saturated carbocycles. The summed E-state index contributed by atoms with van der Waals surface area (Å²) in [5.74, 6) is 0.687. The highest BCUT2D eigenvalue weighted by Gasteiger charge is 2.20. The van der Waals surface area contributed by atoms with Crippen LogP contribution in [0.4, 0.5) is 0 Å². The van der Waals surface area contributed by atoms with Gasteiger partial charge in [0.1, 0.15) is 0 Å². The van der Waals surface area contributed by atoms with E-state index in [2.05, 4.69) is 20.2 Å². The minimum Gasteiger partial charge on any atom is -0.414 e. The van der Waals surface area contributed by atoms with Crippen LogP contribution < -0.4 is 5.32 Å². The number of nitrogens with zero attached hydrogens (tertiary/aromatic N) is 4. The lowest BCUT2D eigenvalue weighted by atomic mass is 10.2. The van der Waals surface area contributed by atoms with Crippen LogP contribution in [0.1, 0.15) is 17.0 Å². The molecule has 1 saturated heterocycles. The van der Waals surface area contributed by atoms with E-state index in [-0.39, 0.29) is 5.91 Å². The lowest BCUT2D eigenvalue weighted by Gasteiger charge is -2.33. The predicted molar refractivity (Wildman–Crippen MR) is 121 cm³/mol. The third kappa shape index (κ3) is 6.33. The summed E-state index contributed by atoms with van der Waals surface area (Å²) >= 11 is 5.35. The molecule has 1 fully saturated rings. The zero-order valence-corrected chi connectivity index (χ0v) is 18.3. The molecule has 0 aliphatic carbocycles. The largest absolute Gasteiger partial charge is 0.414 e. The molecule has 2 aromatic carbocycles. The monoisotopic (exact) mass is 437 g/mol. The lowest BCUT2D eigenvalue weighted by molar-refractivity contribution is -0.122. The van der Waals surface area contributed by atoms with E-state index in [1.807, 2.05) is 60.7 Å². The normalized spacial score (nSPS) is 15.1. The second kappa shape index (κ2) is 10.5. The molecule has 0 radical (unpaired) electrons. The molecular weight excluding hydrogens is 410 g/mol. The zero-order valence-electron chi connectivity index (χ0n) is 17.4. The topological polar surface area (TPSA) is 66.5 Å². The molecule has 0 unspecified atom stereocenters. The number of amides is 1. The maximum Gasteiger partial charge on any atom is 0.288 e. The third-order valence-corrected chi connectivity index (χ3v) is 5.64. The number of aromatic nitrogens is 2. The van der Waals surface area contributed by atoms with Gasteiger partial charge in [0, 0.05) is 32.7 Å². The molecule has 1 N–H and O–H groups in total. The van der Waals surface area contributed by atoms with Gasteiger partial charge in [-0.05, 0) is 23.3 Å². The Kier molecular flexibility index (Phi) is 7.24. The smallest absolute Gasteiger partial charge is 0.288 e. The van der Waals surface area contributed by atoms with Gasteiger partial charge in [-0.25, -0.2) is 4.68 Å². The second-order valence-electron chi connectivity index (χ2n) is 7.72. The van der Waals surface area contributed by atoms with Crippen LogP contribution in [0.3, 0.4) is 0 Å². The van der Waals surface area contributed by atoms with E-state index in [0.29, 0.717) is 36.9 Å². The second-order valence-corrected chi connectivity index (χ2v) is 8.07. The van der Waals surface area contributed by atoms with Crippen molar-refractivity contribution in [3.8, 4) is 0 Å². The van der Waals surface area contributed by atoms with Crippen LogP contribution in [-0.2, 0) is 24.4 Å². The van der Waals surface area contributed by atoms with Crippen LogP contribution >= 0.6 is 12.2 Å².